The SMILES string of the molecule is Nc1cc2c(cc1C(=O)O)OCOC2. The molecule has 1 aromatic carbocycles. The number of carboxylic acid groups (broad SMARTS) is 1. The van der Waals surface area contributed by atoms with Gasteiger partial charge in [-0.25, -0.2) is 4.79 Å². The van der Waals surface area contributed by atoms with Crippen molar-refractivity contribution < 1.29 is 19.4 Å². The summed E-state index contributed by atoms with van der Waals surface area (Å²) in [5.74, 6) is -0.525. The Hall–Kier alpha value is -1.75. The van der Waals surface area contributed by atoms with E-state index in [4.69, 9.17) is 20.3 Å². The van der Waals surface area contributed by atoms with Crippen molar-refractivity contribution in [1.82, 2.24) is 0 Å². The third-order valence-corrected chi connectivity index (χ3v) is 2.02. The number of ether oxygens (including phenoxy) is 2. The van der Waals surface area contributed by atoms with Gasteiger partial charge in [0.2, 0.25) is 0 Å². The highest BCUT2D eigenvalue weighted by Gasteiger charge is 2.16. The lowest BCUT2D eigenvalue weighted by Gasteiger charge is -2.18. The molecule has 5 nitrogen and oxygen atoms in total. The zero-order valence-electron chi connectivity index (χ0n) is 7.32. The van der Waals surface area contributed by atoms with Gasteiger partial charge in [-0.05, 0) is 12.1 Å². The van der Waals surface area contributed by atoms with Gasteiger partial charge < -0.3 is 20.3 Å². The first-order valence-corrected chi connectivity index (χ1v) is 4.04. The van der Waals surface area contributed by atoms with Gasteiger partial charge in [-0.15, -0.1) is 0 Å². The van der Waals surface area contributed by atoms with Crippen LogP contribution < -0.4 is 10.5 Å². The van der Waals surface area contributed by atoms with Gasteiger partial charge in [0.15, 0.2) is 6.79 Å². The number of carbonyl (C=O) groups is 1. The van der Waals surface area contributed by atoms with E-state index in [0.717, 1.165) is 5.56 Å². The first kappa shape index (κ1) is 8.83. The summed E-state index contributed by atoms with van der Waals surface area (Å²) in [6, 6.07) is 2.99. The summed E-state index contributed by atoms with van der Waals surface area (Å²) >= 11 is 0. The summed E-state index contributed by atoms with van der Waals surface area (Å²) < 4.78 is 10.2. The predicted molar refractivity (Wildman–Crippen MR) is 48.1 cm³/mol. The van der Waals surface area contributed by atoms with E-state index in [9.17, 15) is 4.79 Å². The second kappa shape index (κ2) is 3.19. The first-order valence-electron chi connectivity index (χ1n) is 4.04. The number of anilines is 1. The fourth-order valence-corrected chi connectivity index (χ4v) is 1.33. The first-order chi connectivity index (χ1) is 6.68. The average Bonchev–Trinajstić information content (AvgIpc) is 2.16. The van der Waals surface area contributed by atoms with E-state index >= 15 is 0 Å². The van der Waals surface area contributed by atoms with Crippen molar-refractivity contribution in [3.8, 4) is 5.75 Å². The Labute approximate surface area is 80.0 Å². The normalized spacial score (nSPS) is 14.3. The number of nitrogen functional groups attached to an aromatic ring is 1. The van der Waals surface area contributed by atoms with Crippen LogP contribution in [0.4, 0.5) is 5.69 Å². The van der Waals surface area contributed by atoms with Crippen LogP contribution in [0.15, 0.2) is 12.1 Å². The molecular weight excluding hydrogens is 186 g/mol. The van der Waals surface area contributed by atoms with Gasteiger partial charge in [0.1, 0.15) is 5.75 Å². The summed E-state index contributed by atoms with van der Waals surface area (Å²) in [5, 5.41) is 8.80. The van der Waals surface area contributed by atoms with Gasteiger partial charge >= 0.3 is 5.97 Å². The molecule has 0 bridgehead atoms. The summed E-state index contributed by atoms with van der Waals surface area (Å²) in [4.78, 5) is 10.7. The minimum absolute atomic E-state index is 0.0608. The van der Waals surface area contributed by atoms with Crippen LogP contribution in [-0.2, 0) is 11.3 Å². The van der Waals surface area contributed by atoms with Gasteiger partial charge in [0.05, 0.1) is 12.2 Å². The van der Waals surface area contributed by atoms with Crippen LogP contribution in [0, 0.1) is 0 Å². The van der Waals surface area contributed by atoms with Crippen molar-refractivity contribution in [1.29, 1.82) is 0 Å². The monoisotopic (exact) mass is 195 g/mol. The molecule has 5 heteroatoms. The summed E-state index contributed by atoms with van der Waals surface area (Å²) in [6.07, 6.45) is 0. The van der Waals surface area contributed by atoms with E-state index in [-0.39, 0.29) is 18.0 Å². The molecule has 0 aliphatic carbocycles. The number of benzene rings is 1. The van der Waals surface area contributed by atoms with E-state index in [1.54, 1.807) is 6.07 Å². The van der Waals surface area contributed by atoms with Crippen molar-refractivity contribution in [2.75, 3.05) is 12.5 Å². The van der Waals surface area contributed by atoms with Crippen molar-refractivity contribution in [2.45, 2.75) is 6.61 Å². The summed E-state index contributed by atoms with van der Waals surface area (Å²) in [7, 11) is 0. The Morgan fingerprint density at radius 2 is 2.29 bits per heavy atom. The molecule has 1 aliphatic rings. The molecule has 0 fully saturated rings. The van der Waals surface area contributed by atoms with Crippen LogP contribution in [-0.4, -0.2) is 17.9 Å². The topological polar surface area (TPSA) is 81.8 Å². The molecular formula is C9H9NO4. The Kier molecular flexibility index (Phi) is 2.01. The highest BCUT2D eigenvalue weighted by molar-refractivity contribution is 5.94. The maximum atomic E-state index is 10.7. The lowest BCUT2D eigenvalue weighted by Crippen LogP contribution is -2.13. The zero-order valence-corrected chi connectivity index (χ0v) is 7.32. The van der Waals surface area contributed by atoms with Gasteiger partial charge in [0.25, 0.3) is 0 Å². The van der Waals surface area contributed by atoms with Crippen molar-refractivity contribution >= 4 is 11.7 Å². The molecule has 1 aromatic rings. The van der Waals surface area contributed by atoms with Crippen molar-refractivity contribution in [2.24, 2.45) is 0 Å². The van der Waals surface area contributed by atoms with Crippen LogP contribution in [0.2, 0.25) is 0 Å². The van der Waals surface area contributed by atoms with E-state index < -0.39 is 5.97 Å². The number of carboxylic acids is 1. The fourth-order valence-electron chi connectivity index (χ4n) is 1.33. The molecule has 1 aliphatic heterocycles. The van der Waals surface area contributed by atoms with E-state index in [0.29, 0.717) is 12.4 Å². The minimum atomic E-state index is -1.06. The maximum absolute atomic E-state index is 10.7. The number of rotatable bonds is 1. The third-order valence-electron chi connectivity index (χ3n) is 2.02. The second-order valence-corrected chi connectivity index (χ2v) is 2.96. The molecule has 0 saturated carbocycles. The molecule has 1 heterocycles. The molecule has 0 unspecified atom stereocenters. The highest BCUT2D eigenvalue weighted by atomic mass is 16.7. The van der Waals surface area contributed by atoms with Gasteiger partial charge in [-0.3, -0.25) is 0 Å². The Morgan fingerprint density at radius 1 is 1.50 bits per heavy atom. The van der Waals surface area contributed by atoms with E-state index in [1.165, 1.54) is 6.07 Å². The van der Waals surface area contributed by atoms with Crippen molar-refractivity contribution in [3.63, 3.8) is 0 Å². The Bertz CT molecular complexity index is 389. The molecule has 0 saturated heterocycles. The highest BCUT2D eigenvalue weighted by Crippen LogP contribution is 2.28. The number of aromatic carboxylic acids is 1. The smallest absolute Gasteiger partial charge is 0.337 e. The van der Waals surface area contributed by atoms with Crippen LogP contribution in [0.3, 0.4) is 0 Å². The van der Waals surface area contributed by atoms with Gasteiger partial charge in [-0.1, -0.05) is 0 Å². The molecule has 3 N–H and O–H groups in total. The molecule has 0 radical (unpaired) electrons. The van der Waals surface area contributed by atoms with Crippen LogP contribution in [0.1, 0.15) is 15.9 Å². The maximum Gasteiger partial charge on any atom is 0.337 e. The van der Waals surface area contributed by atoms with Crippen LogP contribution in [0.25, 0.3) is 0 Å². The third kappa shape index (κ3) is 1.38. The molecule has 74 valence electrons. The average molecular weight is 195 g/mol. The Morgan fingerprint density at radius 3 is 3.00 bits per heavy atom. The summed E-state index contributed by atoms with van der Waals surface area (Å²) in [5.41, 5.74) is 6.62. The number of hydrogen-bond acceptors (Lipinski definition) is 4. The minimum Gasteiger partial charge on any atom is -0.478 e. The van der Waals surface area contributed by atoms with Crippen LogP contribution in [0.5, 0.6) is 5.75 Å². The van der Waals surface area contributed by atoms with Gasteiger partial charge in [0, 0.05) is 11.3 Å². The zero-order chi connectivity index (χ0) is 10.1. The van der Waals surface area contributed by atoms with E-state index in [2.05, 4.69) is 0 Å². The Balaban J connectivity index is 2.50. The largest absolute Gasteiger partial charge is 0.478 e. The fraction of sp³-hybridized carbons (Fsp3) is 0.222. The number of fused-ring (bicyclic) bond motifs is 1. The quantitative estimate of drug-likeness (QED) is 0.648. The standard InChI is InChI=1S/C9H9NO4/c10-7-1-5-3-13-4-14-8(5)2-6(7)9(11)12/h1-2H,3-4,10H2,(H,11,12). The molecule has 0 amide bonds. The number of hydrogen-bond donors (Lipinski definition) is 2. The predicted octanol–water partition coefficient (Wildman–Crippen LogP) is 0.834. The van der Waals surface area contributed by atoms with Crippen LogP contribution >= 0.6 is 0 Å². The molecule has 0 atom stereocenters. The second-order valence-electron chi connectivity index (χ2n) is 2.96. The lowest BCUT2D eigenvalue weighted by molar-refractivity contribution is -0.0164. The van der Waals surface area contributed by atoms with Gasteiger partial charge in [-0.2, -0.15) is 0 Å². The van der Waals surface area contributed by atoms with Crippen molar-refractivity contribution in [3.05, 3.63) is 23.3 Å². The lowest BCUT2D eigenvalue weighted by atomic mass is 10.1. The molecule has 14 heavy (non-hydrogen) atoms. The number of nitrogens with two attached hydrogens (primary N) is 1. The van der Waals surface area contributed by atoms with E-state index in [1.807, 2.05) is 0 Å². The molecule has 0 spiro atoms. The summed E-state index contributed by atoms with van der Waals surface area (Å²) in [6.45, 7) is 0.551. The molecule has 0 aromatic heterocycles. The molecule has 2 rings (SSSR count).